The molecule has 0 unspecified atom stereocenters. The van der Waals surface area contributed by atoms with E-state index in [0.29, 0.717) is 6.61 Å². The normalized spacial score (nSPS) is 25.2. The van der Waals surface area contributed by atoms with Gasteiger partial charge in [0.25, 0.3) is 0 Å². The van der Waals surface area contributed by atoms with Gasteiger partial charge in [0.1, 0.15) is 12.4 Å². The number of carbonyl (C=O) groups excluding carboxylic acids is 2. The Morgan fingerprint density at radius 2 is 1.82 bits per heavy atom. The van der Waals surface area contributed by atoms with Crippen LogP contribution in [0.4, 0.5) is 0 Å². The number of ether oxygens (including phenoxy) is 2. The molecule has 2 rings (SSSR count). The molecule has 0 radical (unpaired) electrons. The Hall–Kier alpha value is -1.50. The van der Waals surface area contributed by atoms with E-state index in [-0.39, 0.29) is 16.9 Å². The highest BCUT2D eigenvalue weighted by Gasteiger charge is 2.52. The van der Waals surface area contributed by atoms with Crippen LogP contribution < -0.4 is 0 Å². The molecule has 0 saturated carbocycles. The molecule has 1 aliphatic heterocycles. The fourth-order valence-electron chi connectivity index (χ4n) is 3.06. The molecule has 0 spiro atoms. The van der Waals surface area contributed by atoms with E-state index in [1.807, 2.05) is 37.3 Å². The first kappa shape index (κ1) is 22.8. The lowest BCUT2D eigenvalue weighted by Crippen LogP contribution is -2.51. The molecule has 0 aromatic heterocycles. The molecule has 0 N–H and O–H groups in total. The number of hydrogen-bond acceptors (Lipinski definition) is 5. The van der Waals surface area contributed by atoms with Crippen LogP contribution in [0.1, 0.15) is 40.2 Å². The number of aldehydes is 1. The lowest BCUT2D eigenvalue weighted by molar-refractivity contribution is -0.155. The maximum absolute atomic E-state index is 12.4. The Morgan fingerprint density at radius 3 is 2.36 bits per heavy atom. The Balaban J connectivity index is 2.25. The van der Waals surface area contributed by atoms with Crippen molar-refractivity contribution in [2.75, 3.05) is 0 Å². The molecule has 0 aliphatic carbocycles. The van der Waals surface area contributed by atoms with E-state index in [4.69, 9.17) is 13.9 Å². The number of esters is 1. The van der Waals surface area contributed by atoms with Crippen molar-refractivity contribution in [3.05, 3.63) is 35.9 Å². The first-order valence-electron chi connectivity index (χ1n) is 9.97. The van der Waals surface area contributed by atoms with Crippen LogP contribution in [0.25, 0.3) is 0 Å². The van der Waals surface area contributed by atoms with Crippen molar-refractivity contribution in [1.82, 2.24) is 0 Å². The van der Waals surface area contributed by atoms with Gasteiger partial charge < -0.3 is 18.7 Å². The molecule has 28 heavy (non-hydrogen) atoms. The largest absolute Gasteiger partial charge is 0.457 e. The summed E-state index contributed by atoms with van der Waals surface area (Å²) < 4.78 is 18.4. The van der Waals surface area contributed by atoms with Crippen LogP contribution in [-0.2, 0) is 30.1 Å². The van der Waals surface area contributed by atoms with Crippen LogP contribution in [0, 0.1) is 11.8 Å². The average Bonchev–Trinajstić information content (AvgIpc) is 2.89. The summed E-state index contributed by atoms with van der Waals surface area (Å²) >= 11 is 0. The zero-order valence-corrected chi connectivity index (χ0v) is 19.1. The van der Waals surface area contributed by atoms with E-state index >= 15 is 0 Å². The van der Waals surface area contributed by atoms with Crippen molar-refractivity contribution in [2.45, 2.75) is 77.7 Å². The second-order valence-electron chi connectivity index (χ2n) is 9.29. The third kappa shape index (κ3) is 5.10. The van der Waals surface area contributed by atoms with Gasteiger partial charge in [-0.1, -0.05) is 58.0 Å². The monoisotopic (exact) mass is 406 g/mol. The van der Waals surface area contributed by atoms with Crippen LogP contribution in [-0.4, -0.2) is 38.9 Å². The van der Waals surface area contributed by atoms with Gasteiger partial charge in [-0.2, -0.15) is 0 Å². The van der Waals surface area contributed by atoms with Crippen molar-refractivity contribution in [3.63, 3.8) is 0 Å². The molecule has 5 nitrogen and oxygen atoms in total. The summed E-state index contributed by atoms with van der Waals surface area (Å²) in [6.45, 7) is 14.8. The Morgan fingerprint density at radius 1 is 1.21 bits per heavy atom. The first-order valence-corrected chi connectivity index (χ1v) is 12.9. The van der Waals surface area contributed by atoms with Crippen LogP contribution in [0.15, 0.2) is 30.3 Å². The maximum atomic E-state index is 12.4. The predicted molar refractivity (Wildman–Crippen MR) is 111 cm³/mol. The molecular weight excluding hydrogens is 372 g/mol. The maximum Gasteiger partial charge on any atom is 0.311 e. The van der Waals surface area contributed by atoms with Crippen molar-refractivity contribution in [1.29, 1.82) is 0 Å². The minimum atomic E-state index is -2.14. The highest BCUT2D eigenvalue weighted by molar-refractivity contribution is 6.74. The second kappa shape index (κ2) is 8.89. The van der Waals surface area contributed by atoms with Crippen molar-refractivity contribution >= 4 is 20.6 Å². The van der Waals surface area contributed by atoms with Crippen molar-refractivity contribution < 1.29 is 23.5 Å². The van der Waals surface area contributed by atoms with Gasteiger partial charge in [0, 0.05) is 5.92 Å². The van der Waals surface area contributed by atoms with Crippen LogP contribution in [0.3, 0.4) is 0 Å². The molecule has 1 saturated heterocycles. The fourth-order valence-corrected chi connectivity index (χ4v) is 4.43. The van der Waals surface area contributed by atoms with E-state index in [2.05, 4.69) is 33.9 Å². The quantitative estimate of drug-likeness (QED) is 0.365. The van der Waals surface area contributed by atoms with Gasteiger partial charge in [-0.25, -0.2) is 0 Å². The van der Waals surface area contributed by atoms with Gasteiger partial charge in [0.05, 0.1) is 18.6 Å². The fraction of sp³-hybridized carbons (Fsp3) is 0.636. The highest BCUT2D eigenvalue weighted by atomic mass is 28.4. The summed E-state index contributed by atoms with van der Waals surface area (Å²) in [6.07, 6.45) is -0.714. The summed E-state index contributed by atoms with van der Waals surface area (Å²) in [5.41, 5.74) is 1.00. The highest BCUT2D eigenvalue weighted by Crippen LogP contribution is 2.41. The van der Waals surface area contributed by atoms with Crippen LogP contribution in [0.2, 0.25) is 18.1 Å². The van der Waals surface area contributed by atoms with Gasteiger partial charge in [-0.3, -0.25) is 4.79 Å². The van der Waals surface area contributed by atoms with Gasteiger partial charge in [-0.15, -0.1) is 0 Å². The molecule has 1 aromatic rings. The summed E-state index contributed by atoms with van der Waals surface area (Å²) in [6, 6.07) is 9.76. The zero-order chi connectivity index (χ0) is 21.1. The third-order valence-corrected chi connectivity index (χ3v) is 10.5. The molecule has 1 aliphatic rings. The van der Waals surface area contributed by atoms with E-state index < -0.39 is 32.5 Å². The molecule has 6 heteroatoms. The molecule has 5 atom stereocenters. The molecular formula is C22H34O5Si. The minimum Gasteiger partial charge on any atom is -0.457 e. The number of carbonyl (C=O) groups is 2. The Kier molecular flexibility index (Phi) is 7.23. The average molecular weight is 407 g/mol. The Labute approximate surface area is 169 Å². The van der Waals surface area contributed by atoms with Gasteiger partial charge in [0.2, 0.25) is 0 Å². The molecule has 156 valence electrons. The molecule has 1 aromatic carbocycles. The number of rotatable bonds is 8. The Bertz CT molecular complexity index is 667. The van der Waals surface area contributed by atoms with Crippen LogP contribution in [0.5, 0.6) is 0 Å². The molecule has 0 bridgehead atoms. The number of benzene rings is 1. The van der Waals surface area contributed by atoms with E-state index in [1.54, 1.807) is 6.92 Å². The first-order chi connectivity index (χ1) is 13.0. The predicted octanol–water partition coefficient (Wildman–Crippen LogP) is 4.36. The summed E-state index contributed by atoms with van der Waals surface area (Å²) in [5.74, 6) is -1.10. The molecule has 1 heterocycles. The topological polar surface area (TPSA) is 61.8 Å². The summed E-state index contributed by atoms with van der Waals surface area (Å²) in [7, 11) is -2.14. The minimum absolute atomic E-state index is 0.000421. The number of cyclic esters (lactones) is 1. The van der Waals surface area contributed by atoms with Crippen molar-refractivity contribution in [3.8, 4) is 0 Å². The zero-order valence-electron chi connectivity index (χ0n) is 18.1. The van der Waals surface area contributed by atoms with Crippen LogP contribution >= 0.6 is 0 Å². The van der Waals surface area contributed by atoms with E-state index in [9.17, 15) is 9.59 Å². The van der Waals surface area contributed by atoms with E-state index in [0.717, 1.165) is 11.8 Å². The van der Waals surface area contributed by atoms with Crippen molar-refractivity contribution in [2.24, 2.45) is 11.8 Å². The van der Waals surface area contributed by atoms with Gasteiger partial charge in [-0.05, 0) is 30.6 Å². The lowest BCUT2D eigenvalue weighted by Gasteiger charge is -2.41. The SMILES string of the molecule is C[C@H](C=O)[C@H](OCc1ccccc1)[C@@H]1OC(=O)[C@H](C)[C@H]1O[Si](C)(C)C(C)(C)C. The van der Waals surface area contributed by atoms with Gasteiger partial charge >= 0.3 is 5.97 Å². The molecule has 1 fully saturated rings. The second-order valence-corrected chi connectivity index (χ2v) is 14.0. The summed E-state index contributed by atoms with van der Waals surface area (Å²) in [4.78, 5) is 24.0. The summed E-state index contributed by atoms with van der Waals surface area (Å²) in [5, 5.41) is -0.000421. The smallest absolute Gasteiger partial charge is 0.311 e. The van der Waals surface area contributed by atoms with Gasteiger partial charge in [0.15, 0.2) is 14.4 Å². The number of hydrogen-bond donors (Lipinski definition) is 0. The third-order valence-electron chi connectivity index (χ3n) is 6.02. The van der Waals surface area contributed by atoms with E-state index in [1.165, 1.54) is 0 Å². The molecule has 0 amide bonds. The standard InChI is InChI=1S/C22H34O5Si/c1-15(13-23)18(25-14-17-11-9-8-10-12-17)20-19(16(2)21(24)26-20)27-28(6,7)22(3,4)5/h8-13,15-16,18-20H,14H2,1-7H3/t15-,16-,18+,19-,20+/m1/s1. The lowest BCUT2D eigenvalue weighted by atomic mass is 9.93.